The molecule has 160 valence electrons. The van der Waals surface area contributed by atoms with Gasteiger partial charge in [0.1, 0.15) is 0 Å². The fraction of sp³-hybridized carbons (Fsp3) is 0.222. The van der Waals surface area contributed by atoms with Crippen molar-refractivity contribution in [2.75, 3.05) is 7.05 Å². The molecule has 1 aliphatic carbocycles. The number of amides is 3. The van der Waals surface area contributed by atoms with Crippen LogP contribution >= 0.6 is 0 Å². The number of aryl methyl sites for hydroxylation is 1. The Labute approximate surface area is 187 Å². The molecule has 1 atom stereocenters. The summed E-state index contributed by atoms with van der Waals surface area (Å²) in [4.78, 5) is 41.4. The Morgan fingerprint density at radius 2 is 1.53 bits per heavy atom. The molecule has 32 heavy (non-hydrogen) atoms. The molecule has 3 aromatic carbocycles. The van der Waals surface area contributed by atoms with Crippen molar-refractivity contribution >= 4 is 17.7 Å². The van der Waals surface area contributed by atoms with Crippen LogP contribution < -0.4 is 0 Å². The van der Waals surface area contributed by atoms with Crippen molar-refractivity contribution in [2.24, 2.45) is 0 Å². The highest BCUT2D eigenvalue weighted by molar-refractivity contribution is 6.21. The van der Waals surface area contributed by atoms with E-state index >= 15 is 0 Å². The summed E-state index contributed by atoms with van der Waals surface area (Å²) in [5.41, 5.74) is 4.84. The van der Waals surface area contributed by atoms with Crippen LogP contribution in [0.25, 0.3) is 0 Å². The van der Waals surface area contributed by atoms with Crippen molar-refractivity contribution in [3.05, 3.63) is 106 Å². The van der Waals surface area contributed by atoms with Crippen molar-refractivity contribution in [3.63, 3.8) is 0 Å². The number of hydrogen-bond donors (Lipinski definition) is 0. The third-order valence-corrected chi connectivity index (χ3v) is 6.55. The molecule has 0 spiro atoms. The zero-order valence-electron chi connectivity index (χ0n) is 18.0. The van der Waals surface area contributed by atoms with Gasteiger partial charge in [0.15, 0.2) is 0 Å². The molecule has 3 aromatic rings. The number of rotatable bonds is 4. The molecule has 1 unspecified atom stereocenters. The molecule has 0 saturated heterocycles. The third kappa shape index (κ3) is 3.40. The number of benzene rings is 3. The van der Waals surface area contributed by atoms with Gasteiger partial charge in [-0.05, 0) is 60.2 Å². The van der Waals surface area contributed by atoms with Gasteiger partial charge in [0.2, 0.25) is 0 Å². The zero-order chi connectivity index (χ0) is 22.2. The number of fused-ring (bicyclic) bond motifs is 2. The molecular formula is C27H24N2O3. The summed E-state index contributed by atoms with van der Waals surface area (Å²) >= 11 is 0. The van der Waals surface area contributed by atoms with Gasteiger partial charge >= 0.3 is 0 Å². The first-order chi connectivity index (χ1) is 15.5. The molecule has 0 radical (unpaired) electrons. The lowest BCUT2D eigenvalue weighted by atomic mass is 9.87. The first-order valence-corrected chi connectivity index (χ1v) is 10.9. The van der Waals surface area contributed by atoms with Crippen LogP contribution in [0.1, 0.15) is 66.6 Å². The van der Waals surface area contributed by atoms with Gasteiger partial charge in [-0.3, -0.25) is 19.3 Å². The van der Waals surface area contributed by atoms with Gasteiger partial charge in [-0.2, -0.15) is 0 Å². The largest absolute Gasteiger partial charge is 0.335 e. The minimum absolute atomic E-state index is 0.0287. The summed E-state index contributed by atoms with van der Waals surface area (Å²) in [7, 11) is 1.86. The fourth-order valence-electron chi connectivity index (χ4n) is 4.79. The molecule has 5 rings (SSSR count). The Kier molecular flexibility index (Phi) is 5.10. The molecule has 1 heterocycles. The standard InChI is InChI=1S/C27H24N2O3/c1-28(24-12-6-8-19-7-2-3-9-21(19)24)25(30)20-15-13-18(14-16-20)17-29-26(31)22-10-4-5-11-23(22)27(29)32/h2-5,7,9-11,13-16,24H,6,8,12,17H2,1H3. The van der Waals surface area contributed by atoms with E-state index in [9.17, 15) is 14.4 Å². The van der Waals surface area contributed by atoms with E-state index in [-0.39, 0.29) is 30.3 Å². The summed E-state index contributed by atoms with van der Waals surface area (Å²) in [5, 5.41) is 0. The number of hydrogen-bond acceptors (Lipinski definition) is 3. The SMILES string of the molecule is CN(C(=O)c1ccc(CN2C(=O)c3ccccc3C2=O)cc1)C1CCCc2ccccc21. The van der Waals surface area contributed by atoms with Gasteiger partial charge in [-0.1, -0.05) is 48.5 Å². The topological polar surface area (TPSA) is 57.7 Å². The minimum atomic E-state index is -0.276. The van der Waals surface area contributed by atoms with E-state index in [0.29, 0.717) is 16.7 Å². The monoisotopic (exact) mass is 424 g/mol. The van der Waals surface area contributed by atoms with Gasteiger partial charge in [-0.25, -0.2) is 0 Å². The summed E-state index contributed by atoms with van der Waals surface area (Å²) in [6.45, 7) is 0.187. The van der Waals surface area contributed by atoms with E-state index in [1.54, 1.807) is 36.4 Å². The smallest absolute Gasteiger partial charge is 0.261 e. The number of nitrogens with zero attached hydrogens (tertiary/aromatic N) is 2. The predicted octanol–water partition coefficient (Wildman–Crippen LogP) is 4.63. The summed E-state index contributed by atoms with van der Waals surface area (Å²) < 4.78 is 0. The first-order valence-electron chi connectivity index (χ1n) is 10.9. The molecule has 0 aromatic heterocycles. The third-order valence-electron chi connectivity index (χ3n) is 6.55. The molecule has 0 bridgehead atoms. The number of imide groups is 1. The van der Waals surface area contributed by atoms with Crippen molar-refractivity contribution < 1.29 is 14.4 Å². The minimum Gasteiger partial charge on any atom is -0.335 e. The van der Waals surface area contributed by atoms with E-state index in [4.69, 9.17) is 0 Å². The van der Waals surface area contributed by atoms with Crippen LogP contribution in [0.4, 0.5) is 0 Å². The predicted molar refractivity (Wildman–Crippen MR) is 121 cm³/mol. The second kappa shape index (κ2) is 8.08. The second-order valence-electron chi connectivity index (χ2n) is 8.46. The van der Waals surface area contributed by atoms with Crippen LogP contribution in [-0.4, -0.2) is 34.6 Å². The van der Waals surface area contributed by atoms with Crippen LogP contribution in [0.5, 0.6) is 0 Å². The average molecular weight is 425 g/mol. The summed E-state index contributed by atoms with van der Waals surface area (Å²) in [5.74, 6) is -0.582. The Hall–Kier alpha value is -3.73. The fourth-order valence-corrected chi connectivity index (χ4v) is 4.79. The normalized spacial score (nSPS) is 17.2. The quantitative estimate of drug-likeness (QED) is 0.574. The zero-order valence-corrected chi connectivity index (χ0v) is 18.0. The Morgan fingerprint density at radius 3 is 2.22 bits per heavy atom. The van der Waals surface area contributed by atoms with Crippen molar-refractivity contribution in [1.29, 1.82) is 0 Å². The highest BCUT2D eigenvalue weighted by atomic mass is 16.2. The maximum atomic E-state index is 13.2. The van der Waals surface area contributed by atoms with Crippen LogP contribution in [0.3, 0.4) is 0 Å². The molecule has 0 N–H and O–H groups in total. The molecule has 0 fully saturated rings. The summed E-state index contributed by atoms with van der Waals surface area (Å²) in [6.07, 6.45) is 3.08. The maximum Gasteiger partial charge on any atom is 0.261 e. The molecule has 5 heteroatoms. The van der Waals surface area contributed by atoms with Gasteiger partial charge in [-0.15, -0.1) is 0 Å². The second-order valence-corrected chi connectivity index (χ2v) is 8.46. The first kappa shape index (κ1) is 20.2. The molecule has 1 aliphatic heterocycles. The molecule has 5 nitrogen and oxygen atoms in total. The Balaban J connectivity index is 1.31. The molecule has 2 aliphatic rings. The Bertz CT molecular complexity index is 1180. The number of carbonyl (C=O) groups is 3. The lowest BCUT2D eigenvalue weighted by Gasteiger charge is -2.33. The van der Waals surface area contributed by atoms with Gasteiger partial charge < -0.3 is 4.90 Å². The van der Waals surface area contributed by atoms with Gasteiger partial charge in [0, 0.05) is 12.6 Å². The van der Waals surface area contributed by atoms with Crippen LogP contribution in [0, 0.1) is 0 Å². The van der Waals surface area contributed by atoms with Crippen LogP contribution in [0.2, 0.25) is 0 Å². The molecule has 0 saturated carbocycles. The van der Waals surface area contributed by atoms with E-state index in [0.717, 1.165) is 24.8 Å². The van der Waals surface area contributed by atoms with Crippen LogP contribution in [-0.2, 0) is 13.0 Å². The lowest BCUT2D eigenvalue weighted by molar-refractivity contribution is 0.0640. The molecular weight excluding hydrogens is 400 g/mol. The van der Waals surface area contributed by atoms with E-state index in [2.05, 4.69) is 18.2 Å². The van der Waals surface area contributed by atoms with Crippen molar-refractivity contribution in [1.82, 2.24) is 9.80 Å². The van der Waals surface area contributed by atoms with Gasteiger partial charge in [0.05, 0.1) is 23.7 Å². The highest BCUT2D eigenvalue weighted by Gasteiger charge is 2.35. The lowest BCUT2D eigenvalue weighted by Crippen LogP contribution is -2.33. The van der Waals surface area contributed by atoms with Crippen molar-refractivity contribution in [3.8, 4) is 0 Å². The van der Waals surface area contributed by atoms with E-state index < -0.39 is 0 Å². The number of carbonyl (C=O) groups excluding carboxylic acids is 3. The van der Waals surface area contributed by atoms with E-state index in [1.165, 1.54) is 16.0 Å². The molecule has 3 amide bonds. The summed E-state index contributed by atoms with van der Waals surface area (Å²) in [6, 6.07) is 22.5. The van der Waals surface area contributed by atoms with Gasteiger partial charge in [0.25, 0.3) is 17.7 Å². The highest BCUT2D eigenvalue weighted by Crippen LogP contribution is 2.34. The van der Waals surface area contributed by atoms with Crippen LogP contribution in [0.15, 0.2) is 72.8 Å². The van der Waals surface area contributed by atoms with E-state index in [1.807, 2.05) is 30.1 Å². The Morgan fingerprint density at radius 1 is 0.906 bits per heavy atom. The average Bonchev–Trinajstić information content (AvgIpc) is 3.08. The maximum absolute atomic E-state index is 13.2. The van der Waals surface area contributed by atoms with Crippen molar-refractivity contribution in [2.45, 2.75) is 31.8 Å².